The second-order valence-corrected chi connectivity index (χ2v) is 5.90. The molecule has 2 aliphatic rings. The zero-order chi connectivity index (χ0) is 13.0. The number of carbonyl (C=O) groups is 1. The number of hydrogen-bond acceptors (Lipinski definition) is 3. The summed E-state index contributed by atoms with van der Waals surface area (Å²) in [5.74, 6) is 0.594. The maximum absolute atomic E-state index is 11.9. The molecule has 0 spiro atoms. The second kappa shape index (κ2) is 6.53. The van der Waals surface area contributed by atoms with Gasteiger partial charge in [0.1, 0.15) is 0 Å². The van der Waals surface area contributed by atoms with Crippen LogP contribution >= 0.6 is 0 Å². The van der Waals surface area contributed by atoms with Gasteiger partial charge in [-0.3, -0.25) is 9.69 Å². The van der Waals surface area contributed by atoms with Crippen LogP contribution in [-0.2, 0) is 4.79 Å². The van der Waals surface area contributed by atoms with Crippen LogP contribution in [0.15, 0.2) is 0 Å². The topological polar surface area (TPSA) is 52.6 Å². The van der Waals surface area contributed by atoms with Crippen molar-refractivity contribution in [2.24, 2.45) is 5.92 Å². The molecule has 0 bridgehead atoms. The molecule has 2 fully saturated rings. The molecule has 1 aliphatic carbocycles. The van der Waals surface area contributed by atoms with Gasteiger partial charge in [-0.25, -0.2) is 0 Å². The molecule has 2 N–H and O–H groups in total. The van der Waals surface area contributed by atoms with E-state index < -0.39 is 0 Å². The first-order valence-corrected chi connectivity index (χ1v) is 7.35. The Labute approximate surface area is 110 Å². The van der Waals surface area contributed by atoms with Crippen LogP contribution in [-0.4, -0.2) is 47.7 Å². The maximum Gasteiger partial charge on any atom is 0.234 e. The molecule has 18 heavy (non-hydrogen) atoms. The number of amides is 1. The summed E-state index contributed by atoms with van der Waals surface area (Å²) in [6.45, 7) is 4.28. The smallest absolute Gasteiger partial charge is 0.234 e. The number of likely N-dealkylation sites (tertiary alicyclic amines) is 1. The van der Waals surface area contributed by atoms with Crippen molar-refractivity contribution in [3.05, 3.63) is 0 Å². The van der Waals surface area contributed by atoms with Crippen LogP contribution in [0.1, 0.15) is 45.4 Å². The van der Waals surface area contributed by atoms with E-state index in [9.17, 15) is 9.90 Å². The van der Waals surface area contributed by atoms with E-state index in [2.05, 4.69) is 10.2 Å². The molecule has 0 radical (unpaired) electrons. The highest BCUT2D eigenvalue weighted by Gasteiger charge is 2.24. The van der Waals surface area contributed by atoms with Crippen LogP contribution in [0.2, 0.25) is 0 Å². The fraction of sp³-hybridized carbons (Fsp3) is 0.929. The van der Waals surface area contributed by atoms with Crippen molar-refractivity contribution in [3.8, 4) is 0 Å². The molecule has 1 atom stereocenters. The van der Waals surface area contributed by atoms with Gasteiger partial charge >= 0.3 is 0 Å². The fourth-order valence-corrected chi connectivity index (χ4v) is 3.14. The van der Waals surface area contributed by atoms with Crippen molar-refractivity contribution in [2.75, 3.05) is 19.6 Å². The Balaban J connectivity index is 1.66. The number of hydrogen-bond donors (Lipinski definition) is 2. The van der Waals surface area contributed by atoms with Gasteiger partial charge in [-0.1, -0.05) is 12.8 Å². The Bertz CT molecular complexity index is 267. The quantitative estimate of drug-likeness (QED) is 0.791. The Morgan fingerprint density at radius 3 is 2.44 bits per heavy atom. The molecule has 4 nitrogen and oxygen atoms in total. The minimum absolute atomic E-state index is 0.178. The summed E-state index contributed by atoms with van der Waals surface area (Å²) in [6.07, 6.45) is 6.61. The molecule has 104 valence electrons. The monoisotopic (exact) mass is 254 g/mol. The highest BCUT2D eigenvalue weighted by molar-refractivity contribution is 5.78. The number of rotatable bonds is 4. The number of piperidine rings is 1. The van der Waals surface area contributed by atoms with Crippen molar-refractivity contribution < 1.29 is 9.90 Å². The molecule has 0 unspecified atom stereocenters. The lowest BCUT2D eigenvalue weighted by atomic mass is 9.92. The molecule has 0 aromatic heterocycles. The first kappa shape index (κ1) is 13.8. The third kappa shape index (κ3) is 3.95. The number of nitrogens with zero attached hydrogens (tertiary/aromatic N) is 1. The fourth-order valence-electron chi connectivity index (χ4n) is 3.14. The summed E-state index contributed by atoms with van der Waals surface area (Å²) in [5.41, 5.74) is 0. The highest BCUT2D eigenvalue weighted by Crippen LogP contribution is 2.20. The lowest BCUT2D eigenvalue weighted by Crippen LogP contribution is -2.44. The lowest BCUT2D eigenvalue weighted by molar-refractivity contribution is -0.123. The van der Waals surface area contributed by atoms with Gasteiger partial charge in [0.15, 0.2) is 0 Å². The van der Waals surface area contributed by atoms with Crippen LogP contribution in [0, 0.1) is 5.92 Å². The predicted molar refractivity (Wildman–Crippen MR) is 71.2 cm³/mol. The lowest BCUT2D eigenvalue weighted by Gasteiger charge is -2.32. The summed E-state index contributed by atoms with van der Waals surface area (Å²) >= 11 is 0. The van der Waals surface area contributed by atoms with E-state index in [0.717, 1.165) is 38.8 Å². The van der Waals surface area contributed by atoms with E-state index in [0.29, 0.717) is 18.5 Å². The SMILES string of the molecule is C[C@H](O)C1CCN(CC(=O)NC2CCCC2)CC1. The highest BCUT2D eigenvalue weighted by atomic mass is 16.3. The summed E-state index contributed by atoms with van der Waals surface area (Å²) < 4.78 is 0. The van der Waals surface area contributed by atoms with Crippen LogP contribution in [0.4, 0.5) is 0 Å². The van der Waals surface area contributed by atoms with Crippen molar-refractivity contribution in [1.82, 2.24) is 10.2 Å². The third-order valence-electron chi connectivity index (χ3n) is 4.40. The largest absolute Gasteiger partial charge is 0.393 e. The van der Waals surface area contributed by atoms with Crippen LogP contribution in [0.5, 0.6) is 0 Å². The number of aliphatic hydroxyl groups excluding tert-OH is 1. The molecule has 2 rings (SSSR count). The zero-order valence-corrected chi connectivity index (χ0v) is 11.4. The molecule has 1 saturated carbocycles. The molecular formula is C14H26N2O2. The summed E-state index contributed by atoms with van der Waals surface area (Å²) in [7, 11) is 0. The molecule has 0 aromatic carbocycles. The van der Waals surface area contributed by atoms with Gasteiger partial charge in [0.25, 0.3) is 0 Å². The first-order chi connectivity index (χ1) is 8.65. The van der Waals surface area contributed by atoms with Gasteiger partial charge in [-0.05, 0) is 51.6 Å². The Morgan fingerprint density at radius 2 is 1.89 bits per heavy atom. The van der Waals surface area contributed by atoms with Crippen molar-refractivity contribution >= 4 is 5.91 Å². The number of carbonyl (C=O) groups excluding carboxylic acids is 1. The summed E-state index contributed by atoms with van der Waals surface area (Å²) in [5, 5.41) is 12.7. The Hall–Kier alpha value is -0.610. The number of nitrogens with one attached hydrogen (secondary N) is 1. The number of aliphatic hydroxyl groups is 1. The Kier molecular flexibility index (Phi) is 5.01. The van der Waals surface area contributed by atoms with E-state index in [1.165, 1.54) is 12.8 Å². The molecule has 0 aromatic rings. The first-order valence-electron chi connectivity index (χ1n) is 7.35. The van der Waals surface area contributed by atoms with Crippen LogP contribution in [0.25, 0.3) is 0 Å². The molecule has 1 heterocycles. The average Bonchev–Trinajstić information content (AvgIpc) is 2.82. The van der Waals surface area contributed by atoms with E-state index in [1.807, 2.05) is 6.92 Å². The van der Waals surface area contributed by atoms with E-state index in [1.54, 1.807) is 0 Å². The standard InChI is InChI=1S/C14H26N2O2/c1-11(17)12-6-8-16(9-7-12)10-14(18)15-13-4-2-3-5-13/h11-13,17H,2-10H2,1H3,(H,15,18)/t11-/m0/s1. The minimum atomic E-state index is -0.209. The second-order valence-electron chi connectivity index (χ2n) is 5.90. The molecular weight excluding hydrogens is 228 g/mol. The van der Waals surface area contributed by atoms with Gasteiger partial charge in [0.2, 0.25) is 5.91 Å². The van der Waals surface area contributed by atoms with E-state index >= 15 is 0 Å². The van der Waals surface area contributed by atoms with Gasteiger partial charge in [0.05, 0.1) is 12.6 Å². The maximum atomic E-state index is 11.9. The van der Waals surface area contributed by atoms with E-state index in [-0.39, 0.29) is 12.0 Å². The minimum Gasteiger partial charge on any atom is -0.393 e. The van der Waals surface area contributed by atoms with Gasteiger partial charge in [0, 0.05) is 6.04 Å². The van der Waals surface area contributed by atoms with Gasteiger partial charge in [-0.15, -0.1) is 0 Å². The van der Waals surface area contributed by atoms with Gasteiger partial charge < -0.3 is 10.4 Å². The summed E-state index contributed by atoms with van der Waals surface area (Å²) in [4.78, 5) is 14.1. The van der Waals surface area contributed by atoms with E-state index in [4.69, 9.17) is 0 Å². The van der Waals surface area contributed by atoms with Crippen molar-refractivity contribution in [2.45, 2.75) is 57.6 Å². The third-order valence-corrected chi connectivity index (χ3v) is 4.40. The van der Waals surface area contributed by atoms with Crippen LogP contribution < -0.4 is 5.32 Å². The predicted octanol–water partition coefficient (Wildman–Crippen LogP) is 1.14. The molecule has 4 heteroatoms. The zero-order valence-electron chi connectivity index (χ0n) is 11.4. The van der Waals surface area contributed by atoms with Gasteiger partial charge in [-0.2, -0.15) is 0 Å². The Morgan fingerprint density at radius 1 is 1.28 bits per heavy atom. The van der Waals surface area contributed by atoms with Crippen molar-refractivity contribution in [3.63, 3.8) is 0 Å². The summed E-state index contributed by atoms with van der Waals surface area (Å²) in [6, 6.07) is 0.424. The van der Waals surface area contributed by atoms with Crippen LogP contribution in [0.3, 0.4) is 0 Å². The molecule has 1 amide bonds. The average molecular weight is 254 g/mol. The van der Waals surface area contributed by atoms with Crippen molar-refractivity contribution in [1.29, 1.82) is 0 Å². The molecule has 1 saturated heterocycles. The normalized spacial score (nSPS) is 25.2. The molecule has 1 aliphatic heterocycles.